The molecular weight excluding hydrogens is 418 g/mol. The van der Waals surface area contributed by atoms with Crippen molar-refractivity contribution in [3.05, 3.63) is 29.8 Å². The maximum atomic E-state index is 12.6. The van der Waals surface area contributed by atoms with Crippen LogP contribution in [0.2, 0.25) is 0 Å². The van der Waals surface area contributed by atoms with Gasteiger partial charge in [0.15, 0.2) is 0 Å². The van der Waals surface area contributed by atoms with E-state index in [1.807, 2.05) is 20.8 Å². The van der Waals surface area contributed by atoms with E-state index in [0.29, 0.717) is 39.1 Å². The molecule has 1 unspecified atom stereocenters. The van der Waals surface area contributed by atoms with Crippen LogP contribution in [0.4, 0.5) is 4.79 Å². The predicted molar refractivity (Wildman–Crippen MR) is 119 cm³/mol. The molecule has 8 nitrogen and oxygen atoms in total. The van der Waals surface area contributed by atoms with Crippen LogP contribution in [0.15, 0.2) is 29.2 Å². The lowest BCUT2D eigenvalue weighted by Gasteiger charge is -2.33. The Balaban J connectivity index is 1.93. The zero-order chi connectivity index (χ0) is 23.2. The Bertz CT molecular complexity index is 858. The van der Waals surface area contributed by atoms with Crippen LogP contribution in [-0.4, -0.2) is 61.4 Å². The summed E-state index contributed by atoms with van der Waals surface area (Å²) in [6.45, 7) is 11.1. The Morgan fingerprint density at radius 1 is 1.16 bits per heavy atom. The van der Waals surface area contributed by atoms with E-state index in [1.165, 1.54) is 4.31 Å². The number of carbonyl (C=O) groups is 2. The van der Waals surface area contributed by atoms with Crippen LogP contribution in [0.25, 0.3) is 0 Å². The van der Waals surface area contributed by atoms with Crippen molar-refractivity contribution < 1.29 is 22.7 Å². The van der Waals surface area contributed by atoms with Gasteiger partial charge in [-0.15, -0.1) is 0 Å². The van der Waals surface area contributed by atoms with Crippen molar-refractivity contribution in [2.24, 2.45) is 5.92 Å². The molecule has 1 saturated heterocycles. The van der Waals surface area contributed by atoms with Crippen LogP contribution in [0.1, 0.15) is 53.0 Å². The number of carbonyl (C=O) groups excluding carboxylic acids is 2. The fourth-order valence-electron chi connectivity index (χ4n) is 3.51. The van der Waals surface area contributed by atoms with Gasteiger partial charge in [0.2, 0.25) is 15.9 Å². The molecule has 1 aliphatic rings. The lowest BCUT2D eigenvalue weighted by atomic mass is 9.97. The van der Waals surface area contributed by atoms with E-state index in [4.69, 9.17) is 4.74 Å². The van der Waals surface area contributed by atoms with Crippen molar-refractivity contribution in [2.75, 3.05) is 26.2 Å². The molecule has 1 fully saturated rings. The Hall–Kier alpha value is -2.13. The molecule has 1 atom stereocenters. The SMILES string of the molecule is CCN(CC)S(=O)(=O)c1ccc(CNC(=O)C2CCCN(C(=O)OC(C)(C)C)C2)cc1. The van der Waals surface area contributed by atoms with Crippen LogP contribution in [0.3, 0.4) is 0 Å². The summed E-state index contributed by atoms with van der Waals surface area (Å²) in [6, 6.07) is 6.56. The molecule has 0 bridgehead atoms. The fourth-order valence-corrected chi connectivity index (χ4v) is 4.97. The molecule has 0 spiro atoms. The number of sulfonamides is 1. The van der Waals surface area contributed by atoms with Gasteiger partial charge in [-0.1, -0.05) is 26.0 Å². The Kier molecular flexibility index (Phi) is 8.48. The summed E-state index contributed by atoms with van der Waals surface area (Å²) < 4.78 is 31.9. The number of rotatable bonds is 7. The Morgan fingerprint density at radius 2 is 1.77 bits per heavy atom. The number of amides is 2. The van der Waals surface area contributed by atoms with Gasteiger partial charge in [0.1, 0.15) is 5.60 Å². The minimum Gasteiger partial charge on any atom is -0.444 e. The van der Waals surface area contributed by atoms with Crippen molar-refractivity contribution in [3.63, 3.8) is 0 Å². The molecule has 9 heteroatoms. The van der Waals surface area contributed by atoms with Gasteiger partial charge < -0.3 is 15.0 Å². The molecule has 2 amide bonds. The first kappa shape index (κ1) is 25.1. The first-order chi connectivity index (χ1) is 14.5. The zero-order valence-electron chi connectivity index (χ0n) is 19.2. The van der Waals surface area contributed by atoms with E-state index < -0.39 is 21.7 Å². The molecule has 1 heterocycles. The second-order valence-electron chi connectivity index (χ2n) is 8.72. The number of piperidine rings is 1. The van der Waals surface area contributed by atoms with Gasteiger partial charge in [-0.05, 0) is 51.3 Å². The molecule has 174 valence electrons. The van der Waals surface area contributed by atoms with Gasteiger partial charge in [0.25, 0.3) is 0 Å². The summed E-state index contributed by atoms with van der Waals surface area (Å²) in [7, 11) is -3.50. The zero-order valence-corrected chi connectivity index (χ0v) is 20.0. The summed E-state index contributed by atoms with van der Waals surface area (Å²) >= 11 is 0. The number of nitrogens with one attached hydrogen (secondary N) is 1. The van der Waals surface area contributed by atoms with Crippen molar-refractivity contribution >= 4 is 22.0 Å². The number of benzene rings is 1. The van der Waals surface area contributed by atoms with Crippen LogP contribution in [-0.2, 0) is 26.1 Å². The molecule has 1 aliphatic heterocycles. The number of ether oxygens (including phenoxy) is 1. The molecular formula is C22H35N3O5S. The van der Waals surface area contributed by atoms with Crippen LogP contribution < -0.4 is 5.32 Å². The molecule has 0 radical (unpaired) electrons. The van der Waals surface area contributed by atoms with Crippen molar-refractivity contribution in [1.82, 2.24) is 14.5 Å². The lowest BCUT2D eigenvalue weighted by molar-refractivity contribution is -0.126. The molecule has 1 aromatic rings. The maximum absolute atomic E-state index is 12.6. The number of likely N-dealkylation sites (tertiary alicyclic amines) is 1. The minimum atomic E-state index is -3.50. The van der Waals surface area contributed by atoms with E-state index >= 15 is 0 Å². The normalized spacial score (nSPS) is 17.5. The second kappa shape index (κ2) is 10.5. The van der Waals surface area contributed by atoms with Gasteiger partial charge in [-0.25, -0.2) is 13.2 Å². The maximum Gasteiger partial charge on any atom is 0.410 e. The van der Waals surface area contributed by atoms with Crippen LogP contribution in [0.5, 0.6) is 0 Å². The summed E-state index contributed by atoms with van der Waals surface area (Å²) in [5.41, 5.74) is 0.240. The highest BCUT2D eigenvalue weighted by Gasteiger charge is 2.31. The highest BCUT2D eigenvalue weighted by Crippen LogP contribution is 2.20. The molecule has 2 rings (SSSR count). The van der Waals surface area contributed by atoms with Crippen molar-refractivity contribution in [1.29, 1.82) is 0 Å². The average Bonchev–Trinajstić information content (AvgIpc) is 2.72. The highest BCUT2D eigenvalue weighted by atomic mass is 32.2. The van der Waals surface area contributed by atoms with Gasteiger partial charge in [-0.3, -0.25) is 4.79 Å². The molecule has 1 aromatic carbocycles. The van der Waals surface area contributed by atoms with E-state index in [0.717, 1.165) is 12.0 Å². The largest absolute Gasteiger partial charge is 0.444 e. The van der Waals surface area contributed by atoms with Crippen molar-refractivity contribution in [2.45, 2.75) is 64.5 Å². The van der Waals surface area contributed by atoms with Crippen LogP contribution >= 0.6 is 0 Å². The topological polar surface area (TPSA) is 96.0 Å². The predicted octanol–water partition coefficient (Wildman–Crippen LogP) is 2.98. The highest BCUT2D eigenvalue weighted by molar-refractivity contribution is 7.89. The lowest BCUT2D eigenvalue weighted by Crippen LogP contribution is -2.46. The first-order valence-electron chi connectivity index (χ1n) is 10.8. The first-order valence-corrected chi connectivity index (χ1v) is 12.3. The summed E-state index contributed by atoms with van der Waals surface area (Å²) in [6.07, 6.45) is 1.07. The van der Waals surface area contributed by atoms with E-state index in [2.05, 4.69) is 5.32 Å². The third-order valence-electron chi connectivity index (χ3n) is 5.18. The standard InChI is InChI=1S/C22H35N3O5S/c1-6-25(7-2)31(28,29)19-12-10-17(11-13-19)15-23-20(26)18-9-8-14-24(16-18)21(27)30-22(3,4)5/h10-13,18H,6-9,14-16H2,1-5H3,(H,23,26). The molecule has 31 heavy (non-hydrogen) atoms. The third-order valence-corrected chi connectivity index (χ3v) is 7.24. The minimum absolute atomic E-state index is 0.118. The van der Waals surface area contributed by atoms with Gasteiger partial charge >= 0.3 is 6.09 Å². The molecule has 1 N–H and O–H groups in total. The van der Waals surface area contributed by atoms with Crippen molar-refractivity contribution in [3.8, 4) is 0 Å². The summed E-state index contributed by atoms with van der Waals surface area (Å²) in [5, 5.41) is 2.90. The molecule has 0 aromatic heterocycles. The van der Waals surface area contributed by atoms with E-state index in [9.17, 15) is 18.0 Å². The molecule has 0 aliphatic carbocycles. The summed E-state index contributed by atoms with van der Waals surface area (Å²) in [4.78, 5) is 26.7. The molecule has 0 saturated carbocycles. The van der Waals surface area contributed by atoms with Gasteiger partial charge in [0, 0.05) is 32.7 Å². The summed E-state index contributed by atoms with van der Waals surface area (Å²) in [5.74, 6) is -0.406. The number of hydrogen-bond acceptors (Lipinski definition) is 5. The second-order valence-corrected chi connectivity index (χ2v) is 10.7. The fraction of sp³-hybridized carbons (Fsp3) is 0.636. The van der Waals surface area contributed by atoms with Crippen LogP contribution in [0, 0.1) is 5.92 Å². The third kappa shape index (κ3) is 6.93. The Labute approximate surface area is 186 Å². The van der Waals surface area contributed by atoms with Gasteiger partial charge in [-0.2, -0.15) is 4.31 Å². The Morgan fingerprint density at radius 3 is 2.32 bits per heavy atom. The van der Waals surface area contributed by atoms with E-state index in [-0.39, 0.29) is 16.7 Å². The number of hydrogen-bond donors (Lipinski definition) is 1. The monoisotopic (exact) mass is 453 g/mol. The van der Waals surface area contributed by atoms with E-state index in [1.54, 1.807) is 43.0 Å². The smallest absolute Gasteiger partial charge is 0.410 e. The number of nitrogens with zero attached hydrogens (tertiary/aromatic N) is 2. The average molecular weight is 454 g/mol. The quantitative estimate of drug-likeness (QED) is 0.685. The van der Waals surface area contributed by atoms with Gasteiger partial charge in [0.05, 0.1) is 10.8 Å².